The van der Waals surface area contributed by atoms with E-state index in [1.807, 2.05) is 48.5 Å². The van der Waals surface area contributed by atoms with Gasteiger partial charge in [-0.3, -0.25) is 17.9 Å². The van der Waals surface area contributed by atoms with Gasteiger partial charge in [0.1, 0.15) is 5.82 Å². The molecule has 0 amide bonds. The van der Waals surface area contributed by atoms with Crippen LogP contribution in [-0.2, 0) is 15.7 Å². The molecule has 1 atom stereocenters. The average Bonchev–Trinajstić information content (AvgIpc) is 1.67. The van der Waals surface area contributed by atoms with Crippen molar-refractivity contribution in [3.8, 4) is 40.3 Å². The summed E-state index contributed by atoms with van der Waals surface area (Å²) in [7, 11) is -3.15. The first-order valence-corrected chi connectivity index (χ1v) is 44.2. The topological polar surface area (TPSA) is 178 Å². The van der Waals surface area contributed by atoms with Crippen LogP contribution in [0.15, 0.2) is 218 Å². The molecule has 0 saturated heterocycles. The van der Waals surface area contributed by atoms with Crippen molar-refractivity contribution in [1.29, 1.82) is 10.5 Å². The molecule has 1 unspecified atom stereocenters. The molecule has 0 spiro atoms. The second-order valence-electron chi connectivity index (χ2n) is 19.5. The van der Waals surface area contributed by atoms with E-state index in [0.29, 0.717) is 11.3 Å². The Morgan fingerprint density at radius 3 is 1.54 bits per heavy atom. The van der Waals surface area contributed by atoms with Crippen molar-refractivity contribution in [2.45, 2.75) is 6.42 Å². The Hall–Kier alpha value is -6.68. The molecular formula is C67H38FK3N11O4P. The number of nitrogens with zero attached hydrogens (tertiary/aromatic N) is 11. The van der Waals surface area contributed by atoms with Crippen LogP contribution in [0.1, 0.15) is 22.3 Å². The predicted octanol–water partition coefficient (Wildman–Crippen LogP) is 10.7. The third kappa shape index (κ3) is 11.9. The van der Waals surface area contributed by atoms with Crippen molar-refractivity contribution >= 4 is 160 Å². The molecule has 400 valence electrons. The molecule has 5 heterocycles. The van der Waals surface area contributed by atoms with Crippen LogP contribution in [0.5, 0.6) is 0 Å². The zero-order valence-corrected chi connectivity index (χ0v) is 57.1. The van der Waals surface area contributed by atoms with Gasteiger partial charge in [0, 0.05) is 39.0 Å². The molecule has 0 saturated carbocycles. The molecule has 16 rings (SSSR count). The molecule has 15 aromatic rings. The van der Waals surface area contributed by atoms with Gasteiger partial charge in [0.15, 0.2) is 11.4 Å². The molecule has 5 aromatic heterocycles. The summed E-state index contributed by atoms with van der Waals surface area (Å²) in [5.41, 5.74) is 20.5. The summed E-state index contributed by atoms with van der Waals surface area (Å²) in [6.45, 7) is 14.1. The van der Waals surface area contributed by atoms with Crippen LogP contribution in [0, 0.1) is 41.6 Å². The average molecular weight is 1230 g/mol. The quantitative estimate of drug-likeness (QED) is 0.0549. The van der Waals surface area contributed by atoms with E-state index in [-0.39, 0.29) is 62.6 Å². The fraction of sp³-hybridized carbons (Fsp3) is 0.0149. The van der Waals surface area contributed by atoms with Gasteiger partial charge in [-0.2, -0.15) is 10.5 Å². The first-order chi connectivity index (χ1) is 42.2. The second kappa shape index (κ2) is 27.4. The maximum absolute atomic E-state index is 12.5. The molecule has 0 radical (unpaired) electrons. The Morgan fingerprint density at radius 2 is 0.966 bits per heavy atom. The summed E-state index contributed by atoms with van der Waals surface area (Å²) >= 11 is 2.50. The maximum Gasteiger partial charge on any atom is 0.220 e. The Morgan fingerprint density at radius 1 is 0.506 bits per heavy atom. The first kappa shape index (κ1) is 61.9. The fourth-order valence-electron chi connectivity index (χ4n) is 11.4. The van der Waals surface area contributed by atoms with E-state index in [1.54, 1.807) is 12.1 Å². The van der Waals surface area contributed by atoms with E-state index in [9.17, 15) is 9.65 Å². The van der Waals surface area contributed by atoms with Crippen molar-refractivity contribution < 1.29 is 75.2 Å². The zero-order valence-electron chi connectivity index (χ0n) is 46.9. The predicted molar refractivity (Wildman–Crippen MR) is 330 cm³/mol. The Balaban J connectivity index is 0.000000143. The van der Waals surface area contributed by atoms with E-state index in [0.717, 1.165) is 102 Å². The van der Waals surface area contributed by atoms with Gasteiger partial charge in [-0.15, -0.1) is 0 Å². The molecule has 0 aliphatic heterocycles. The van der Waals surface area contributed by atoms with Gasteiger partial charge < -0.3 is 14.7 Å². The number of nitriles is 2. The summed E-state index contributed by atoms with van der Waals surface area (Å²) in [5.74, 6) is 1.28. The number of rotatable bonds is 4. The van der Waals surface area contributed by atoms with Gasteiger partial charge in [-0.1, -0.05) is 97.1 Å². The summed E-state index contributed by atoms with van der Waals surface area (Å²) in [6.07, 6.45) is 1.01. The maximum atomic E-state index is 12.5. The first-order valence-electron chi connectivity index (χ1n) is 27.1. The molecule has 0 fully saturated rings. The molecule has 15 nitrogen and oxygen atoms in total. The third-order valence-corrected chi connectivity index (χ3v) is 14.9. The molecule has 1 aliphatic rings. The minimum Gasteiger partial charge on any atom is -0.278 e. The van der Waals surface area contributed by atoms with Gasteiger partial charge in [0.05, 0.1) is 80.4 Å². The number of hydrogen-bond donors (Lipinski definition) is 0. The summed E-state index contributed by atoms with van der Waals surface area (Å²) < 4.78 is 35.0. The Bertz CT molecular complexity index is 5330. The van der Waals surface area contributed by atoms with Crippen LogP contribution < -0.4 is 61.5 Å². The number of fused-ring (bicyclic) bond motifs is 16. The number of halogens is 1. The summed E-state index contributed by atoms with van der Waals surface area (Å²) in [5, 5.41) is 28.7. The van der Waals surface area contributed by atoms with Gasteiger partial charge in [0.25, 0.3) is 0 Å². The van der Waals surface area contributed by atoms with Crippen LogP contribution in [0.4, 0.5) is 15.8 Å². The van der Waals surface area contributed by atoms with E-state index in [4.69, 9.17) is 43.1 Å². The SMILES string of the molecule is O=[P+]([O-])O[O-].[C-]#[N+]c1cc(C#N)cc(-n2c3ccccc3c3cc(-n4c5ccccc5n5c6ccccc6nc45)ccc32)c1.[C-]#[N+]c1cc(F)cc(C#N)c1.[K+].[K][K].c1ccc2c(c1)Cc1ccc(-n3c4ccccc4n4c5ccccc5nc34)cc1-2. The zero-order chi connectivity index (χ0) is 59.6. The standard InChI is InChI=1S/C33H18N6.C26H17N3.C8H3FN2.3K.HO4P/c1-35-22-16-21(20-34)17-24(18-22)37-28-10-4-2-8-25(28)26-19-23(14-15-29(26)37)38-31-12-6-7-13-32(31)39-30-11-5-3-9-27(30)36-33(38)39;1-2-8-20-17(7-1)15-18-13-14-19(16-21(18)20)28-24-11-5-6-12-25(24)29-23-10-4-3-9-22(23)27-26(28)29;1-11-8-3-6(5-10)2-7(9)4-8;;;;1-4-5(2)3/h2-19H;1-14,16H,15H2;2-4H;;;;1H/q;;;;;+1;/p-1. The van der Waals surface area contributed by atoms with Crippen molar-refractivity contribution in [2.75, 3.05) is 0 Å². The van der Waals surface area contributed by atoms with Gasteiger partial charge in [-0.05, 0) is 155 Å². The summed E-state index contributed by atoms with van der Waals surface area (Å²) in [6, 6.07) is 76.6. The van der Waals surface area contributed by atoms with Crippen LogP contribution in [0.2, 0.25) is 0 Å². The Kier molecular flexibility index (Phi) is 19.5. The van der Waals surface area contributed by atoms with Gasteiger partial charge in [0.2, 0.25) is 11.6 Å². The molecule has 0 N–H and O–H groups in total. The molecule has 1 aliphatic carbocycles. The smallest absolute Gasteiger partial charge is 0.220 e. The van der Waals surface area contributed by atoms with Crippen molar-refractivity contribution in [2.24, 2.45) is 0 Å². The van der Waals surface area contributed by atoms with Crippen molar-refractivity contribution in [3.05, 3.63) is 269 Å². The number of para-hydroxylation sites is 9. The minimum atomic E-state index is -3.15. The van der Waals surface area contributed by atoms with Crippen LogP contribution >= 0.6 is 8.25 Å². The van der Waals surface area contributed by atoms with Gasteiger partial charge >= 0.3 is 123 Å². The molecular weight excluding hydrogens is 1190 g/mol. The van der Waals surface area contributed by atoms with E-state index < -0.39 is 14.1 Å². The number of hydrogen-bond acceptors (Lipinski definition) is 8. The minimum absolute atomic E-state index is 0. The van der Waals surface area contributed by atoms with Crippen molar-refractivity contribution in [1.82, 2.24) is 32.5 Å². The normalized spacial score (nSPS) is 11.2. The molecule has 0 bridgehead atoms. The summed E-state index contributed by atoms with van der Waals surface area (Å²) in [4.78, 5) is 25.5. The van der Waals surface area contributed by atoms with E-state index >= 15 is 0 Å². The Labute approximate surface area is 584 Å². The van der Waals surface area contributed by atoms with E-state index in [1.165, 1.54) is 103 Å². The molecule has 87 heavy (non-hydrogen) atoms. The van der Waals surface area contributed by atoms with Gasteiger partial charge in [-0.25, -0.2) is 28.7 Å². The molecule has 20 heteroatoms. The number of imidazole rings is 4. The second-order valence-corrected chi connectivity index (χ2v) is 20.1. The van der Waals surface area contributed by atoms with Crippen LogP contribution in [-0.4, -0.2) is 95.6 Å². The monoisotopic (exact) mass is 1230 g/mol. The van der Waals surface area contributed by atoms with Crippen LogP contribution in [0.3, 0.4) is 0 Å². The largest absolute Gasteiger partial charge is 0.278 e. The van der Waals surface area contributed by atoms with Crippen molar-refractivity contribution in [3.63, 3.8) is 0 Å². The molecule has 10 aromatic carbocycles. The number of benzene rings is 10. The van der Waals surface area contributed by atoms with E-state index in [2.05, 4.69) is 189 Å². The fourth-order valence-corrected chi connectivity index (χ4v) is 11.4. The van der Waals surface area contributed by atoms with Crippen LogP contribution in [0.25, 0.3) is 115 Å². The third-order valence-electron chi connectivity index (χ3n) is 14.8. The number of aromatic nitrogens is 7.